The van der Waals surface area contributed by atoms with E-state index < -0.39 is 0 Å². The number of carbonyl (C=O) groups excluding carboxylic acids is 1. The Labute approximate surface area is 99.2 Å². The van der Waals surface area contributed by atoms with Gasteiger partial charge in [-0.2, -0.15) is 11.8 Å². The van der Waals surface area contributed by atoms with Crippen molar-refractivity contribution in [3.05, 3.63) is 5.82 Å². The second-order valence-electron chi connectivity index (χ2n) is 3.23. The number of thioether (sulfide) groups is 1. The van der Waals surface area contributed by atoms with Crippen LogP contribution in [0.4, 0.5) is 0 Å². The lowest BCUT2D eigenvalue weighted by Crippen LogP contribution is -2.34. The predicted molar refractivity (Wildman–Crippen MR) is 63.2 cm³/mol. The summed E-state index contributed by atoms with van der Waals surface area (Å²) in [6, 6.07) is 0. The van der Waals surface area contributed by atoms with E-state index >= 15 is 0 Å². The molecule has 1 aromatic rings. The second-order valence-corrected chi connectivity index (χ2v) is 4.27. The molecular weight excluding hydrogens is 226 g/mol. The fraction of sp³-hybridized carbons (Fsp3) is 0.778. The maximum Gasteiger partial charge on any atom is 0.233 e. The SMILES string of the molecule is CCNC(=O)C(Cc1nnnn1CC)SC. The van der Waals surface area contributed by atoms with E-state index in [0.717, 1.165) is 12.4 Å². The summed E-state index contributed by atoms with van der Waals surface area (Å²) in [7, 11) is 0. The van der Waals surface area contributed by atoms with Crippen LogP contribution >= 0.6 is 11.8 Å². The molecule has 0 aliphatic heterocycles. The van der Waals surface area contributed by atoms with Crippen molar-refractivity contribution < 1.29 is 4.79 Å². The lowest BCUT2D eigenvalue weighted by molar-refractivity contribution is -0.120. The number of amides is 1. The zero-order valence-electron chi connectivity index (χ0n) is 9.80. The summed E-state index contributed by atoms with van der Waals surface area (Å²) < 4.78 is 1.71. The Bertz CT molecular complexity index is 340. The smallest absolute Gasteiger partial charge is 0.233 e. The second kappa shape index (κ2) is 6.47. The van der Waals surface area contributed by atoms with E-state index in [1.165, 1.54) is 11.8 Å². The molecule has 0 bridgehead atoms. The Morgan fingerprint density at radius 3 is 2.88 bits per heavy atom. The summed E-state index contributed by atoms with van der Waals surface area (Å²) in [5.74, 6) is 0.800. The first-order valence-electron chi connectivity index (χ1n) is 5.28. The minimum Gasteiger partial charge on any atom is -0.355 e. The molecule has 7 heteroatoms. The van der Waals surface area contributed by atoms with Crippen LogP contribution in [0.2, 0.25) is 0 Å². The van der Waals surface area contributed by atoms with E-state index in [0.29, 0.717) is 13.0 Å². The maximum absolute atomic E-state index is 11.7. The Balaban J connectivity index is 2.66. The molecule has 0 saturated carbocycles. The number of nitrogens with one attached hydrogen (secondary N) is 1. The molecule has 1 N–H and O–H groups in total. The van der Waals surface area contributed by atoms with Gasteiger partial charge in [0.15, 0.2) is 5.82 Å². The molecule has 0 fully saturated rings. The van der Waals surface area contributed by atoms with Gasteiger partial charge in [-0.05, 0) is 30.5 Å². The highest BCUT2D eigenvalue weighted by Crippen LogP contribution is 2.12. The first-order valence-corrected chi connectivity index (χ1v) is 6.57. The monoisotopic (exact) mass is 243 g/mol. The van der Waals surface area contributed by atoms with Crippen LogP contribution in [-0.4, -0.2) is 44.2 Å². The number of hydrogen-bond donors (Lipinski definition) is 1. The van der Waals surface area contributed by atoms with Gasteiger partial charge in [0.25, 0.3) is 0 Å². The Morgan fingerprint density at radius 2 is 2.31 bits per heavy atom. The lowest BCUT2D eigenvalue weighted by atomic mass is 10.2. The molecule has 0 aliphatic carbocycles. The van der Waals surface area contributed by atoms with Crippen molar-refractivity contribution in [1.29, 1.82) is 0 Å². The third kappa shape index (κ3) is 3.19. The summed E-state index contributed by atoms with van der Waals surface area (Å²) in [6.07, 6.45) is 2.48. The molecule has 1 rings (SSSR count). The molecule has 6 nitrogen and oxygen atoms in total. The van der Waals surface area contributed by atoms with Gasteiger partial charge in [-0.1, -0.05) is 0 Å². The standard InChI is InChI=1S/C9H17N5OS/c1-4-10-9(15)7(16-3)6-8-11-12-13-14(8)5-2/h7H,4-6H2,1-3H3,(H,10,15). The van der Waals surface area contributed by atoms with Crippen molar-refractivity contribution in [3.8, 4) is 0 Å². The van der Waals surface area contributed by atoms with Gasteiger partial charge in [-0.25, -0.2) is 4.68 Å². The summed E-state index contributed by atoms with van der Waals surface area (Å²) in [6.45, 7) is 5.25. The highest BCUT2D eigenvalue weighted by molar-refractivity contribution is 7.99. The van der Waals surface area contributed by atoms with Crippen LogP contribution in [-0.2, 0) is 17.8 Å². The van der Waals surface area contributed by atoms with Gasteiger partial charge in [0.2, 0.25) is 5.91 Å². The molecular formula is C9H17N5OS. The Hall–Kier alpha value is -1.11. The van der Waals surface area contributed by atoms with Gasteiger partial charge >= 0.3 is 0 Å². The molecule has 1 unspecified atom stereocenters. The highest BCUT2D eigenvalue weighted by atomic mass is 32.2. The molecule has 0 aliphatic rings. The largest absolute Gasteiger partial charge is 0.355 e. The van der Waals surface area contributed by atoms with Crippen molar-refractivity contribution in [1.82, 2.24) is 25.5 Å². The molecule has 1 atom stereocenters. The molecule has 90 valence electrons. The van der Waals surface area contributed by atoms with E-state index in [-0.39, 0.29) is 11.2 Å². The topological polar surface area (TPSA) is 72.7 Å². The highest BCUT2D eigenvalue weighted by Gasteiger charge is 2.20. The predicted octanol–water partition coefficient (Wildman–Crippen LogP) is 0.103. The first kappa shape index (κ1) is 13.0. The van der Waals surface area contributed by atoms with Crippen molar-refractivity contribution in [2.45, 2.75) is 32.1 Å². The van der Waals surface area contributed by atoms with Gasteiger partial charge in [-0.15, -0.1) is 5.10 Å². The molecule has 1 heterocycles. The number of aromatic nitrogens is 4. The molecule has 0 aromatic carbocycles. The van der Waals surface area contributed by atoms with E-state index in [4.69, 9.17) is 0 Å². The normalized spacial score (nSPS) is 12.4. The minimum atomic E-state index is -0.128. The van der Waals surface area contributed by atoms with E-state index in [1.807, 2.05) is 20.1 Å². The van der Waals surface area contributed by atoms with E-state index in [1.54, 1.807) is 4.68 Å². The van der Waals surface area contributed by atoms with Crippen LogP contribution in [0.15, 0.2) is 0 Å². The summed E-state index contributed by atoms with van der Waals surface area (Å²) in [5.41, 5.74) is 0. The van der Waals surface area contributed by atoms with E-state index in [2.05, 4.69) is 20.8 Å². The summed E-state index contributed by atoms with van der Waals surface area (Å²) >= 11 is 1.51. The van der Waals surface area contributed by atoms with Crippen LogP contribution in [0.1, 0.15) is 19.7 Å². The fourth-order valence-electron chi connectivity index (χ4n) is 1.35. The lowest BCUT2D eigenvalue weighted by Gasteiger charge is -2.12. The number of nitrogens with zero attached hydrogens (tertiary/aromatic N) is 4. The Morgan fingerprint density at radius 1 is 1.56 bits per heavy atom. The van der Waals surface area contributed by atoms with Crippen LogP contribution < -0.4 is 5.32 Å². The van der Waals surface area contributed by atoms with Crippen molar-refractivity contribution in [2.75, 3.05) is 12.8 Å². The number of hydrogen-bond acceptors (Lipinski definition) is 5. The first-order chi connectivity index (χ1) is 7.72. The zero-order chi connectivity index (χ0) is 12.0. The van der Waals surface area contributed by atoms with Crippen molar-refractivity contribution in [2.24, 2.45) is 0 Å². The summed E-state index contributed by atoms with van der Waals surface area (Å²) in [5, 5.41) is 14.1. The third-order valence-corrected chi connectivity index (χ3v) is 3.15. The molecule has 1 amide bonds. The molecule has 1 aromatic heterocycles. The number of carbonyl (C=O) groups is 1. The molecule has 0 saturated heterocycles. The van der Waals surface area contributed by atoms with Crippen LogP contribution in [0.5, 0.6) is 0 Å². The third-order valence-electron chi connectivity index (χ3n) is 2.20. The summed E-state index contributed by atoms with van der Waals surface area (Å²) in [4.78, 5) is 11.7. The van der Waals surface area contributed by atoms with Crippen LogP contribution in [0.3, 0.4) is 0 Å². The number of rotatable bonds is 6. The maximum atomic E-state index is 11.7. The van der Waals surface area contributed by atoms with E-state index in [9.17, 15) is 4.79 Å². The van der Waals surface area contributed by atoms with Crippen LogP contribution in [0.25, 0.3) is 0 Å². The minimum absolute atomic E-state index is 0.0423. The fourth-order valence-corrected chi connectivity index (χ4v) is 1.97. The average Bonchev–Trinajstić information content (AvgIpc) is 2.73. The Kier molecular flexibility index (Phi) is 5.24. The van der Waals surface area contributed by atoms with Crippen molar-refractivity contribution >= 4 is 17.7 Å². The molecule has 0 spiro atoms. The molecule has 16 heavy (non-hydrogen) atoms. The number of aryl methyl sites for hydroxylation is 1. The van der Waals surface area contributed by atoms with Gasteiger partial charge in [0, 0.05) is 19.5 Å². The van der Waals surface area contributed by atoms with Crippen LogP contribution in [0, 0.1) is 0 Å². The zero-order valence-corrected chi connectivity index (χ0v) is 10.6. The number of tetrazole rings is 1. The van der Waals surface area contributed by atoms with Gasteiger partial charge in [0.1, 0.15) is 0 Å². The van der Waals surface area contributed by atoms with Gasteiger partial charge in [-0.3, -0.25) is 4.79 Å². The quantitative estimate of drug-likeness (QED) is 0.767. The average molecular weight is 243 g/mol. The van der Waals surface area contributed by atoms with Gasteiger partial charge < -0.3 is 5.32 Å². The van der Waals surface area contributed by atoms with Crippen molar-refractivity contribution in [3.63, 3.8) is 0 Å². The van der Waals surface area contributed by atoms with Gasteiger partial charge in [0.05, 0.1) is 5.25 Å². The molecule has 0 radical (unpaired) electrons.